The van der Waals surface area contributed by atoms with Gasteiger partial charge in [-0.15, -0.1) is 24.0 Å². The predicted octanol–water partition coefficient (Wildman–Crippen LogP) is 3.90. The molecule has 0 aromatic heterocycles. The van der Waals surface area contributed by atoms with Crippen LogP contribution < -0.4 is 10.6 Å². The molecule has 2 saturated carbocycles. The van der Waals surface area contributed by atoms with E-state index in [1.54, 1.807) is 0 Å². The fourth-order valence-electron chi connectivity index (χ4n) is 2.72. The summed E-state index contributed by atoms with van der Waals surface area (Å²) in [7, 11) is 1.83. The van der Waals surface area contributed by atoms with Gasteiger partial charge in [-0.1, -0.05) is 28.1 Å². The van der Waals surface area contributed by atoms with Gasteiger partial charge < -0.3 is 15.4 Å². The highest BCUT2D eigenvalue weighted by atomic mass is 127. The van der Waals surface area contributed by atoms with Crippen LogP contribution in [0.15, 0.2) is 33.7 Å². The molecule has 134 valence electrons. The first-order valence-electron chi connectivity index (χ1n) is 8.56. The van der Waals surface area contributed by atoms with Crippen molar-refractivity contribution >= 4 is 45.9 Å². The molecule has 2 atom stereocenters. The van der Waals surface area contributed by atoms with E-state index in [0.717, 1.165) is 42.5 Å². The van der Waals surface area contributed by atoms with Crippen LogP contribution in [-0.2, 0) is 4.74 Å². The zero-order chi connectivity index (χ0) is 16.1. The number of hydrogen-bond donors (Lipinski definition) is 2. The third kappa shape index (κ3) is 6.52. The van der Waals surface area contributed by atoms with Gasteiger partial charge in [0.25, 0.3) is 0 Å². The molecule has 0 aliphatic heterocycles. The Labute approximate surface area is 170 Å². The fraction of sp³-hybridized carbons (Fsp3) is 0.611. The Hall–Kier alpha value is -0.340. The maximum Gasteiger partial charge on any atom is 0.191 e. The van der Waals surface area contributed by atoms with Crippen molar-refractivity contribution in [2.75, 3.05) is 26.8 Å². The molecule has 2 aliphatic rings. The lowest BCUT2D eigenvalue weighted by molar-refractivity contribution is 0.123. The highest BCUT2D eigenvalue weighted by Crippen LogP contribution is 2.40. The molecule has 0 spiro atoms. The smallest absolute Gasteiger partial charge is 0.191 e. The molecule has 6 heteroatoms. The summed E-state index contributed by atoms with van der Waals surface area (Å²) in [5, 5.41) is 6.89. The molecule has 0 saturated heterocycles. The van der Waals surface area contributed by atoms with Crippen molar-refractivity contribution in [1.82, 2.24) is 10.6 Å². The number of ether oxygens (including phenoxy) is 1. The molecule has 0 heterocycles. The predicted molar refractivity (Wildman–Crippen MR) is 113 cm³/mol. The van der Waals surface area contributed by atoms with Crippen LogP contribution in [0.2, 0.25) is 0 Å². The summed E-state index contributed by atoms with van der Waals surface area (Å²) in [5.41, 5.74) is 1.40. The Morgan fingerprint density at radius 3 is 2.71 bits per heavy atom. The molecule has 2 aliphatic carbocycles. The van der Waals surface area contributed by atoms with Gasteiger partial charge >= 0.3 is 0 Å². The highest BCUT2D eigenvalue weighted by Gasteiger charge is 2.38. The monoisotopic (exact) mass is 507 g/mol. The number of nitrogens with zero attached hydrogens (tertiary/aromatic N) is 1. The standard InChI is InChI=1S/C18H26BrN3O.HI/c1-20-18(21-9-2-10-23-12-13-3-4-13)22-17-11-16(17)14-5-7-15(19)8-6-14;/h5-8,13,16-17H,2-4,9-12H2,1H3,(H2,20,21,22);1H. The number of halogens is 2. The summed E-state index contributed by atoms with van der Waals surface area (Å²) in [6, 6.07) is 9.11. The molecule has 24 heavy (non-hydrogen) atoms. The maximum absolute atomic E-state index is 5.65. The van der Waals surface area contributed by atoms with E-state index >= 15 is 0 Å². The summed E-state index contributed by atoms with van der Waals surface area (Å²) < 4.78 is 6.78. The van der Waals surface area contributed by atoms with E-state index in [-0.39, 0.29) is 24.0 Å². The van der Waals surface area contributed by atoms with Crippen LogP contribution >= 0.6 is 39.9 Å². The number of benzene rings is 1. The van der Waals surface area contributed by atoms with Gasteiger partial charge in [-0.3, -0.25) is 4.99 Å². The van der Waals surface area contributed by atoms with Crippen molar-refractivity contribution in [3.05, 3.63) is 34.3 Å². The van der Waals surface area contributed by atoms with Crippen molar-refractivity contribution in [2.24, 2.45) is 10.9 Å². The minimum atomic E-state index is 0. The average molecular weight is 508 g/mol. The van der Waals surface area contributed by atoms with Gasteiger partial charge in [-0.25, -0.2) is 0 Å². The van der Waals surface area contributed by atoms with Gasteiger partial charge in [-0.05, 0) is 49.3 Å². The second-order valence-corrected chi connectivity index (χ2v) is 7.43. The molecular weight excluding hydrogens is 481 g/mol. The molecule has 3 rings (SSSR count). The van der Waals surface area contributed by atoms with Crippen molar-refractivity contribution in [1.29, 1.82) is 0 Å². The minimum Gasteiger partial charge on any atom is -0.381 e. The minimum absolute atomic E-state index is 0. The van der Waals surface area contributed by atoms with Gasteiger partial charge in [0.1, 0.15) is 0 Å². The van der Waals surface area contributed by atoms with Crippen LogP contribution in [0.5, 0.6) is 0 Å². The summed E-state index contributed by atoms with van der Waals surface area (Å²) in [6.45, 7) is 2.69. The van der Waals surface area contributed by atoms with Crippen LogP contribution in [0.3, 0.4) is 0 Å². The lowest BCUT2D eigenvalue weighted by Gasteiger charge is -2.12. The SMILES string of the molecule is CN=C(NCCCOCC1CC1)NC1CC1c1ccc(Br)cc1.I. The van der Waals surface area contributed by atoms with Crippen LogP contribution in [0.4, 0.5) is 0 Å². The Balaban J connectivity index is 0.00000208. The average Bonchev–Trinajstić information content (AvgIpc) is 3.46. The highest BCUT2D eigenvalue weighted by molar-refractivity contribution is 14.0. The molecule has 1 aromatic carbocycles. The van der Waals surface area contributed by atoms with E-state index in [1.165, 1.54) is 24.8 Å². The summed E-state index contributed by atoms with van der Waals surface area (Å²) >= 11 is 3.48. The third-order valence-corrected chi connectivity index (χ3v) is 4.97. The van der Waals surface area contributed by atoms with Gasteiger partial charge in [-0.2, -0.15) is 0 Å². The number of hydrogen-bond acceptors (Lipinski definition) is 2. The second kappa shape index (κ2) is 9.97. The lowest BCUT2D eigenvalue weighted by atomic mass is 10.1. The van der Waals surface area contributed by atoms with Crippen molar-refractivity contribution in [3.63, 3.8) is 0 Å². The molecule has 2 unspecified atom stereocenters. The van der Waals surface area contributed by atoms with Crippen LogP contribution in [0, 0.1) is 5.92 Å². The van der Waals surface area contributed by atoms with E-state index in [1.807, 2.05) is 7.05 Å². The quantitative estimate of drug-likeness (QED) is 0.243. The van der Waals surface area contributed by atoms with E-state index in [0.29, 0.717) is 12.0 Å². The summed E-state index contributed by atoms with van der Waals surface area (Å²) in [5.74, 6) is 2.35. The van der Waals surface area contributed by atoms with Crippen molar-refractivity contribution in [3.8, 4) is 0 Å². The van der Waals surface area contributed by atoms with Crippen LogP contribution in [0.1, 0.15) is 37.2 Å². The van der Waals surface area contributed by atoms with Crippen LogP contribution in [0.25, 0.3) is 0 Å². The van der Waals surface area contributed by atoms with Crippen LogP contribution in [-0.4, -0.2) is 38.8 Å². The van der Waals surface area contributed by atoms with E-state index in [4.69, 9.17) is 4.74 Å². The Kier molecular flexibility index (Phi) is 8.30. The van der Waals surface area contributed by atoms with E-state index in [9.17, 15) is 0 Å². The molecule has 4 nitrogen and oxygen atoms in total. The number of aliphatic imine (C=N–C) groups is 1. The van der Waals surface area contributed by atoms with Gasteiger partial charge in [0.15, 0.2) is 5.96 Å². The Morgan fingerprint density at radius 2 is 2.04 bits per heavy atom. The first-order valence-corrected chi connectivity index (χ1v) is 9.36. The third-order valence-electron chi connectivity index (χ3n) is 4.44. The van der Waals surface area contributed by atoms with Crippen molar-refractivity contribution in [2.45, 2.75) is 37.6 Å². The lowest BCUT2D eigenvalue weighted by Crippen LogP contribution is -2.39. The fourth-order valence-corrected chi connectivity index (χ4v) is 2.98. The second-order valence-electron chi connectivity index (χ2n) is 6.52. The molecule has 2 N–H and O–H groups in total. The largest absolute Gasteiger partial charge is 0.381 e. The molecule has 0 radical (unpaired) electrons. The van der Waals surface area contributed by atoms with Gasteiger partial charge in [0, 0.05) is 43.2 Å². The molecule has 0 amide bonds. The molecular formula is C18H27BrIN3O. The van der Waals surface area contributed by atoms with E-state index in [2.05, 4.69) is 55.8 Å². The van der Waals surface area contributed by atoms with E-state index < -0.39 is 0 Å². The normalized spacial score (nSPS) is 22.7. The summed E-state index contributed by atoms with van der Waals surface area (Å²) in [4.78, 5) is 4.31. The maximum atomic E-state index is 5.65. The number of rotatable bonds is 8. The van der Waals surface area contributed by atoms with Gasteiger partial charge in [0.2, 0.25) is 0 Å². The Bertz CT molecular complexity index is 534. The van der Waals surface area contributed by atoms with Crippen molar-refractivity contribution < 1.29 is 4.74 Å². The first kappa shape index (κ1) is 20.0. The molecule has 1 aromatic rings. The Morgan fingerprint density at radius 1 is 1.29 bits per heavy atom. The molecule has 2 fully saturated rings. The number of nitrogens with one attached hydrogen (secondary N) is 2. The number of guanidine groups is 1. The molecule has 0 bridgehead atoms. The van der Waals surface area contributed by atoms with Gasteiger partial charge in [0.05, 0.1) is 0 Å². The topological polar surface area (TPSA) is 45.7 Å². The first-order chi connectivity index (χ1) is 11.3. The zero-order valence-corrected chi connectivity index (χ0v) is 18.0. The zero-order valence-electron chi connectivity index (χ0n) is 14.1. The summed E-state index contributed by atoms with van der Waals surface area (Å²) in [6.07, 6.45) is 4.91.